The molecule has 0 radical (unpaired) electrons. The van der Waals surface area contributed by atoms with Gasteiger partial charge >= 0.3 is 0 Å². The number of hydrogen-bond acceptors (Lipinski definition) is 4. The van der Waals surface area contributed by atoms with E-state index in [2.05, 4.69) is 10.0 Å². The maximum Gasteiger partial charge on any atom is 0.261 e. The Morgan fingerprint density at radius 1 is 1.11 bits per heavy atom. The lowest BCUT2D eigenvalue weighted by Crippen LogP contribution is -2.27. The molecule has 1 aliphatic carbocycles. The fourth-order valence-electron chi connectivity index (χ4n) is 3.47. The molecule has 5 nitrogen and oxygen atoms in total. The van der Waals surface area contributed by atoms with E-state index in [1.165, 1.54) is 36.1 Å². The fraction of sp³-hybridized carbons (Fsp3) is 0.450. The van der Waals surface area contributed by atoms with Gasteiger partial charge in [0.05, 0.1) is 22.9 Å². The molecule has 1 atom stereocenters. The zero-order valence-corrected chi connectivity index (χ0v) is 17.4. The lowest BCUT2D eigenvalue weighted by atomic mass is 9.99. The van der Waals surface area contributed by atoms with Crippen molar-refractivity contribution in [1.82, 2.24) is 5.32 Å². The maximum atomic E-state index is 12.8. The standard InChI is InChI=1S/C20H26N2O3S2/c1-14(16-10-7-8-11-17(16)22-27(2,24)25)21-20(23)19-13-15-9-5-3-4-6-12-18(15)26-19/h7-8,10-11,13-14,22H,3-6,9,12H2,1-2H3,(H,21,23)/t14-/m0/s1. The van der Waals surface area contributed by atoms with Crippen molar-refractivity contribution in [3.05, 3.63) is 51.2 Å². The molecule has 0 aliphatic heterocycles. The van der Waals surface area contributed by atoms with E-state index in [1.54, 1.807) is 23.5 Å². The molecule has 2 aromatic rings. The smallest absolute Gasteiger partial charge is 0.261 e. The van der Waals surface area contributed by atoms with Crippen molar-refractivity contribution in [2.75, 3.05) is 11.0 Å². The van der Waals surface area contributed by atoms with Gasteiger partial charge in [0.15, 0.2) is 0 Å². The summed E-state index contributed by atoms with van der Waals surface area (Å²) in [5, 5.41) is 3.02. The van der Waals surface area contributed by atoms with Crippen LogP contribution < -0.4 is 10.0 Å². The number of rotatable bonds is 5. The van der Waals surface area contributed by atoms with E-state index in [0.717, 1.165) is 29.5 Å². The predicted molar refractivity (Wildman–Crippen MR) is 111 cm³/mol. The van der Waals surface area contributed by atoms with Crippen LogP contribution in [0.15, 0.2) is 30.3 Å². The Balaban J connectivity index is 1.76. The zero-order valence-electron chi connectivity index (χ0n) is 15.7. The van der Waals surface area contributed by atoms with Crippen molar-refractivity contribution in [3.63, 3.8) is 0 Å². The summed E-state index contributed by atoms with van der Waals surface area (Å²) >= 11 is 1.59. The number of sulfonamides is 1. The van der Waals surface area contributed by atoms with Crippen molar-refractivity contribution in [1.29, 1.82) is 0 Å². The number of nitrogens with one attached hydrogen (secondary N) is 2. The van der Waals surface area contributed by atoms with Crippen molar-refractivity contribution in [2.24, 2.45) is 0 Å². The number of para-hydroxylation sites is 1. The predicted octanol–water partition coefficient (Wildman–Crippen LogP) is 4.27. The van der Waals surface area contributed by atoms with Crippen LogP contribution in [-0.2, 0) is 22.9 Å². The fourth-order valence-corrected chi connectivity index (χ4v) is 5.21. The minimum Gasteiger partial charge on any atom is -0.345 e. The lowest BCUT2D eigenvalue weighted by molar-refractivity contribution is 0.0944. The summed E-state index contributed by atoms with van der Waals surface area (Å²) in [5.74, 6) is -0.103. The van der Waals surface area contributed by atoms with Gasteiger partial charge in [0.25, 0.3) is 5.91 Å². The topological polar surface area (TPSA) is 75.3 Å². The van der Waals surface area contributed by atoms with Gasteiger partial charge in [0.2, 0.25) is 10.0 Å². The van der Waals surface area contributed by atoms with Gasteiger partial charge in [-0.05, 0) is 55.9 Å². The summed E-state index contributed by atoms with van der Waals surface area (Å²) in [5.41, 5.74) is 2.55. The molecule has 0 unspecified atom stereocenters. The molecule has 0 spiro atoms. The molecule has 1 aromatic carbocycles. The molecule has 7 heteroatoms. The number of aryl methyl sites for hydroxylation is 2. The highest BCUT2D eigenvalue weighted by Gasteiger charge is 2.19. The van der Waals surface area contributed by atoms with Crippen LogP contribution in [-0.4, -0.2) is 20.6 Å². The molecule has 146 valence electrons. The number of anilines is 1. The van der Waals surface area contributed by atoms with Gasteiger partial charge in [0.1, 0.15) is 0 Å². The number of fused-ring (bicyclic) bond motifs is 1. The average Bonchev–Trinajstić information content (AvgIpc) is 2.96. The number of amides is 1. The van der Waals surface area contributed by atoms with Gasteiger partial charge in [-0.2, -0.15) is 0 Å². The third-order valence-electron chi connectivity index (χ3n) is 4.79. The summed E-state index contributed by atoms with van der Waals surface area (Å²) in [6.07, 6.45) is 8.13. The molecule has 3 rings (SSSR count). The Morgan fingerprint density at radius 2 is 1.81 bits per heavy atom. The van der Waals surface area contributed by atoms with Crippen LogP contribution in [0.2, 0.25) is 0 Å². The van der Waals surface area contributed by atoms with Gasteiger partial charge in [-0.3, -0.25) is 9.52 Å². The molecule has 1 heterocycles. The van der Waals surface area contributed by atoms with Crippen LogP contribution >= 0.6 is 11.3 Å². The van der Waals surface area contributed by atoms with E-state index >= 15 is 0 Å². The van der Waals surface area contributed by atoms with E-state index in [1.807, 2.05) is 25.1 Å². The summed E-state index contributed by atoms with van der Waals surface area (Å²) in [7, 11) is -3.38. The summed E-state index contributed by atoms with van der Waals surface area (Å²) in [6, 6.07) is 8.86. The molecule has 0 bridgehead atoms. The van der Waals surface area contributed by atoms with Crippen LogP contribution in [0.25, 0.3) is 0 Å². The summed E-state index contributed by atoms with van der Waals surface area (Å²) in [6.45, 7) is 1.87. The van der Waals surface area contributed by atoms with Gasteiger partial charge in [-0.1, -0.05) is 31.0 Å². The highest BCUT2D eigenvalue weighted by atomic mass is 32.2. The number of carbonyl (C=O) groups is 1. The SMILES string of the molecule is C[C@H](NC(=O)c1cc2c(s1)CCCCCC2)c1ccccc1NS(C)(=O)=O. The quantitative estimate of drug-likeness (QED) is 0.779. The Hall–Kier alpha value is -1.86. The second kappa shape index (κ2) is 8.44. The third kappa shape index (κ3) is 5.32. The van der Waals surface area contributed by atoms with Crippen molar-refractivity contribution in [2.45, 2.75) is 51.5 Å². The number of benzene rings is 1. The largest absolute Gasteiger partial charge is 0.345 e. The van der Waals surface area contributed by atoms with Crippen LogP contribution in [0.4, 0.5) is 5.69 Å². The maximum absolute atomic E-state index is 12.8. The summed E-state index contributed by atoms with van der Waals surface area (Å²) in [4.78, 5) is 14.9. The molecule has 1 amide bonds. The van der Waals surface area contributed by atoms with E-state index in [0.29, 0.717) is 5.69 Å². The minimum atomic E-state index is -3.38. The Labute approximate surface area is 165 Å². The molecular formula is C20H26N2O3S2. The number of hydrogen-bond donors (Lipinski definition) is 2. The monoisotopic (exact) mass is 406 g/mol. The van der Waals surface area contributed by atoms with E-state index in [-0.39, 0.29) is 11.9 Å². The van der Waals surface area contributed by atoms with E-state index in [9.17, 15) is 13.2 Å². The molecule has 0 saturated carbocycles. The first-order chi connectivity index (χ1) is 12.8. The molecule has 0 fully saturated rings. The van der Waals surface area contributed by atoms with Crippen molar-refractivity contribution < 1.29 is 13.2 Å². The minimum absolute atomic E-state index is 0.103. The zero-order chi connectivity index (χ0) is 19.4. The van der Waals surface area contributed by atoms with Crippen molar-refractivity contribution >= 4 is 33.0 Å². The number of carbonyl (C=O) groups excluding carboxylic acids is 1. The van der Waals surface area contributed by atoms with Crippen LogP contribution in [0, 0.1) is 0 Å². The Kier molecular flexibility index (Phi) is 6.22. The highest BCUT2D eigenvalue weighted by molar-refractivity contribution is 7.92. The lowest BCUT2D eigenvalue weighted by Gasteiger charge is -2.18. The first-order valence-corrected chi connectivity index (χ1v) is 12.0. The van der Waals surface area contributed by atoms with Gasteiger partial charge in [-0.25, -0.2) is 8.42 Å². The second-order valence-electron chi connectivity index (χ2n) is 7.13. The van der Waals surface area contributed by atoms with Gasteiger partial charge in [0, 0.05) is 4.88 Å². The molecule has 1 aromatic heterocycles. The van der Waals surface area contributed by atoms with Crippen molar-refractivity contribution in [3.8, 4) is 0 Å². The van der Waals surface area contributed by atoms with Crippen LogP contribution in [0.1, 0.15) is 64.3 Å². The van der Waals surface area contributed by atoms with Gasteiger partial charge < -0.3 is 5.32 Å². The molecular weight excluding hydrogens is 380 g/mol. The first-order valence-electron chi connectivity index (χ1n) is 9.32. The molecule has 1 aliphatic rings. The molecule has 27 heavy (non-hydrogen) atoms. The Morgan fingerprint density at radius 3 is 2.56 bits per heavy atom. The average molecular weight is 407 g/mol. The van der Waals surface area contributed by atoms with Gasteiger partial charge in [-0.15, -0.1) is 11.3 Å². The van der Waals surface area contributed by atoms with Crippen LogP contribution in [0.3, 0.4) is 0 Å². The van der Waals surface area contributed by atoms with E-state index in [4.69, 9.17) is 0 Å². The normalized spacial score (nSPS) is 15.9. The first kappa shape index (κ1) is 19.9. The highest BCUT2D eigenvalue weighted by Crippen LogP contribution is 2.29. The second-order valence-corrected chi connectivity index (χ2v) is 10.0. The molecule has 0 saturated heterocycles. The van der Waals surface area contributed by atoms with E-state index < -0.39 is 10.0 Å². The number of thiophene rings is 1. The Bertz CT molecular complexity index is 894. The molecule has 2 N–H and O–H groups in total. The van der Waals surface area contributed by atoms with Crippen LogP contribution in [0.5, 0.6) is 0 Å². The third-order valence-corrected chi connectivity index (χ3v) is 6.62. The summed E-state index contributed by atoms with van der Waals surface area (Å²) < 4.78 is 25.7.